The van der Waals surface area contributed by atoms with Gasteiger partial charge in [0.1, 0.15) is 6.10 Å². The van der Waals surface area contributed by atoms with Crippen LogP contribution in [0.5, 0.6) is 0 Å². The van der Waals surface area contributed by atoms with Crippen molar-refractivity contribution in [3.63, 3.8) is 0 Å². The quantitative estimate of drug-likeness (QED) is 0.532. The van der Waals surface area contributed by atoms with E-state index in [9.17, 15) is 0 Å². The fourth-order valence-electron chi connectivity index (χ4n) is 1.25. The minimum absolute atomic E-state index is 0.301. The molecule has 1 heterocycles. The highest BCUT2D eigenvalue weighted by atomic mass is 28.4. The molecule has 0 aromatic heterocycles. The van der Waals surface area contributed by atoms with Gasteiger partial charge in [-0.05, 0) is 24.6 Å². The zero-order valence-corrected chi connectivity index (χ0v) is 11.4. The van der Waals surface area contributed by atoms with Crippen LogP contribution in [0.25, 0.3) is 0 Å². The highest BCUT2D eigenvalue weighted by molar-refractivity contribution is 6.74. The molecule has 1 unspecified atom stereocenters. The van der Waals surface area contributed by atoms with Gasteiger partial charge in [0.05, 0.1) is 12.7 Å². The molecule has 2 atom stereocenters. The van der Waals surface area contributed by atoms with Crippen LogP contribution in [0.4, 0.5) is 0 Å². The van der Waals surface area contributed by atoms with E-state index in [-0.39, 0.29) is 0 Å². The first kappa shape index (κ1) is 12.2. The van der Waals surface area contributed by atoms with E-state index in [4.69, 9.17) is 9.16 Å². The summed E-state index contributed by atoms with van der Waals surface area (Å²) in [6.45, 7) is 14.5. The lowest BCUT2D eigenvalue weighted by Gasteiger charge is -2.38. The van der Waals surface area contributed by atoms with E-state index in [1.807, 2.05) is 0 Å². The number of epoxide rings is 1. The van der Waals surface area contributed by atoms with Crippen LogP contribution in [0.3, 0.4) is 0 Å². The van der Waals surface area contributed by atoms with E-state index in [0.717, 1.165) is 13.0 Å². The molecule has 1 fully saturated rings. The molecule has 1 saturated heterocycles. The van der Waals surface area contributed by atoms with Crippen LogP contribution >= 0.6 is 0 Å². The first-order chi connectivity index (χ1) is 6.28. The normalized spacial score (nSPS) is 24.9. The average Bonchev–Trinajstić information content (AvgIpc) is 2.80. The molecule has 1 aliphatic rings. The van der Waals surface area contributed by atoms with Crippen molar-refractivity contribution in [2.45, 2.75) is 64.5 Å². The van der Waals surface area contributed by atoms with Crippen LogP contribution in [0, 0.1) is 0 Å². The highest BCUT2D eigenvalue weighted by Crippen LogP contribution is 2.38. The lowest BCUT2D eigenvalue weighted by atomic mass is 10.2. The fraction of sp³-hybridized carbons (Fsp3) is 1.00. The van der Waals surface area contributed by atoms with Gasteiger partial charge >= 0.3 is 0 Å². The average molecular weight is 216 g/mol. The Bertz CT molecular complexity index is 192. The third-order valence-corrected chi connectivity index (χ3v) is 7.93. The Labute approximate surface area is 89.1 Å². The Hall–Kier alpha value is 0.137. The maximum atomic E-state index is 6.29. The minimum atomic E-state index is -1.59. The summed E-state index contributed by atoms with van der Waals surface area (Å²) in [5.74, 6) is 0. The molecule has 0 aliphatic carbocycles. The monoisotopic (exact) mass is 216 g/mol. The Morgan fingerprint density at radius 1 is 1.43 bits per heavy atom. The van der Waals surface area contributed by atoms with Crippen molar-refractivity contribution in [1.29, 1.82) is 0 Å². The lowest BCUT2D eigenvalue weighted by Crippen LogP contribution is -2.45. The molecular formula is C11H24O2Si. The zero-order valence-electron chi connectivity index (χ0n) is 10.4. The summed E-state index contributed by atoms with van der Waals surface area (Å²) in [6, 6.07) is 0. The number of hydrogen-bond donors (Lipinski definition) is 0. The van der Waals surface area contributed by atoms with Gasteiger partial charge in [-0.25, -0.2) is 0 Å². The Morgan fingerprint density at radius 2 is 1.93 bits per heavy atom. The molecular weight excluding hydrogens is 192 g/mol. The summed E-state index contributed by atoms with van der Waals surface area (Å²) in [5, 5.41) is 0.301. The van der Waals surface area contributed by atoms with Crippen LogP contribution in [0.1, 0.15) is 34.1 Å². The molecule has 0 bridgehead atoms. The first-order valence-corrected chi connectivity index (χ1v) is 8.48. The Morgan fingerprint density at radius 3 is 2.21 bits per heavy atom. The molecule has 3 heteroatoms. The van der Waals surface area contributed by atoms with Crippen molar-refractivity contribution >= 4 is 8.32 Å². The van der Waals surface area contributed by atoms with E-state index in [1.165, 1.54) is 0 Å². The maximum Gasteiger partial charge on any atom is 0.192 e. The number of ether oxygens (including phenoxy) is 1. The third-order valence-electron chi connectivity index (χ3n) is 3.43. The molecule has 84 valence electrons. The van der Waals surface area contributed by atoms with Crippen LogP contribution < -0.4 is 0 Å². The zero-order chi connectivity index (χ0) is 11.0. The van der Waals surface area contributed by atoms with E-state index < -0.39 is 8.32 Å². The Balaban J connectivity index is 2.55. The van der Waals surface area contributed by atoms with Gasteiger partial charge in [0, 0.05) is 0 Å². The van der Waals surface area contributed by atoms with Crippen molar-refractivity contribution in [2.75, 3.05) is 6.61 Å². The number of hydrogen-bond acceptors (Lipinski definition) is 2. The first-order valence-electron chi connectivity index (χ1n) is 5.57. The topological polar surface area (TPSA) is 21.8 Å². The molecule has 0 aromatic carbocycles. The van der Waals surface area contributed by atoms with Crippen LogP contribution in [-0.2, 0) is 9.16 Å². The van der Waals surface area contributed by atoms with Crippen molar-refractivity contribution in [1.82, 2.24) is 0 Å². The molecule has 2 nitrogen and oxygen atoms in total. The van der Waals surface area contributed by atoms with Crippen molar-refractivity contribution < 1.29 is 9.16 Å². The van der Waals surface area contributed by atoms with Gasteiger partial charge in [0.2, 0.25) is 0 Å². The summed E-state index contributed by atoms with van der Waals surface area (Å²) in [6.07, 6.45) is 1.78. The second kappa shape index (κ2) is 3.95. The predicted molar refractivity (Wildman–Crippen MR) is 62.1 cm³/mol. The summed E-state index contributed by atoms with van der Waals surface area (Å²) < 4.78 is 11.6. The fourth-order valence-corrected chi connectivity index (χ4v) is 2.68. The molecule has 14 heavy (non-hydrogen) atoms. The summed E-state index contributed by atoms with van der Waals surface area (Å²) in [4.78, 5) is 0. The van der Waals surface area contributed by atoms with Crippen molar-refractivity contribution in [3.8, 4) is 0 Å². The van der Waals surface area contributed by atoms with E-state index in [0.29, 0.717) is 17.2 Å². The molecule has 1 aliphatic heterocycles. The van der Waals surface area contributed by atoms with E-state index in [1.54, 1.807) is 0 Å². The van der Waals surface area contributed by atoms with Gasteiger partial charge in [-0.15, -0.1) is 0 Å². The maximum absolute atomic E-state index is 6.29. The molecule has 1 rings (SSSR count). The standard InChI is InChI=1S/C11H24O2Si/c1-7-9(10-8-12-10)13-14(5,6)11(2,3)4/h9-10H,7-8H2,1-6H3/t9-,10?/m1/s1. The smallest absolute Gasteiger partial charge is 0.192 e. The minimum Gasteiger partial charge on any atom is -0.411 e. The van der Waals surface area contributed by atoms with Gasteiger partial charge in [0.15, 0.2) is 8.32 Å². The molecule has 0 saturated carbocycles. The van der Waals surface area contributed by atoms with Crippen LogP contribution in [0.15, 0.2) is 0 Å². The number of rotatable bonds is 4. The van der Waals surface area contributed by atoms with E-state index in [2.05, 4.69) is 40.8 Å². The Kier molecular flexibility index (Phi) is 3.44. The predicted octanol–water partition coefficient (Wildman–Crippen LogP) is 3.19. The SMILES string of the molecule is CC[C@@H](O[Si](C)(C)C(C)(C)C)C1CO1. The summed E-state index contributed by atoms with van der Waals surface area (Å²) in [7, 11) is -1.59. The second-order valence-electron chi connectivity index (χ2n) is 5.70. The third kappa shape index (κ3) is 2.81. The largest absolute Gasteiger partial charge is 0.411 e. The van der Waals surface area contributed by atoms with E-state index >= 15 is 0 Å². The summed E-state index contributed by atoms with van der Waals surface area (Å²) in [5.41, 5.74) is 0. The summed E-state index contributed by atoms with van der Waals surface area (Å²) >= 11 is 0. The van der Waals surface area contributed by atoms with Crippen LogP contribution in [-0.4, -0.2) is 27.1 Å². The molecule has 0 amide bonds. The molecule has 0 aromatic rings. The van der Waals surface area contributed by atoms with Gasteiger partial charge in [0.25, 0.3) is 0 Å². The van der Waals surface area contributed by atoms with Crippen LogP contribution in [0.2, 0.25) is 18.1 Å². The lowest BCUT2D eigenvalue weighted by molar-refractivity contribution is 0.139. The molecule has 0 spiro atoms. The van der Waals surface area contributed by atoms with Crippen molar-refractivity contribution in [2.24, 2.45) is 0 Å². The molecule has 0 N–H and O–H groups in total. The highest BCUT2D eigenvalue weighted by Gasteiger charge is 2.42. The second-order valence-corrected chi connectivity index (χ2v) is 10.5. The molecule has 0 radical (unpaired) electrons. The van der Waals surface area contributed by atoms with Gasteiger partial charge in [-0.2, -0.15) is 0 Å². The van der Waals surface area contributed by atoms with Gasteiger partial charge in [-0.3, -0.25) is 0 Å². The van der Waals surface area contributed by atoms with Crippen molar-refractivity contribution in [3.05, 3.63) is 0 Å². The van der Waals surface area contributed by atoms with Gasteiger partial charge in [-0.1, -0.05) is 27.7 Å². The van der Waals surface area contributed by atoms with Gasteiger partial charge < -0.3 is 9.16 Å².